The Hall–Kier alpha value is -2.41. The van der Waals surface area contributed by atoms with Crippen LogP contribution in [0.3, 0.4) is 0 Å². The van der Waals surface area contributed by atoms with Gasteiger partial charge in [0, 0.05) is 23.9 Å². The molecule has 0 aliphatic rings. The highest BCUT2D eigenvalue weighted by atomic mass is 32.1. The van der Waals surface area contributed by atoms with Crippen LogP contribution in [0, 0.1) is 6.92 Å². The van der Waals surface area contributed by atoms with Crippen LogP contribution in [0.25, 0.3) is 0 Å². The van der Waals surface area contributed by atoms with E-state index < -0.39 is 5.97 Å². The molecule has 0 atom stereocenters. The summed E-state index contributed by atoms with van der Waals surface area (Å²) in [4.78, 5) is 26.7. The molecule has 2 aromatic rings. The molecule has 6 nitrogen and oxygen atoms in total. The van der Waals surface area contributed by atoms with E-state index in [1.54, 1.807) is 35.6 Å². The highest BCUT2D eigenvalue weighted by Crippen LogP contribution is 2.16. The van der Waals surface area contributed by atoms with Crippen LogP contribution in [0.15, 0.2) is 29.6 Å². The number of carbonyl (C=O) groups excluding carboxylic acids is 1. The largest absolute Gasteiger partial charge is 0.487 e. The zero-order valence-electron chi connectivity index (χ0n) is 12.7. The summed E-state index contributed by atoms with van der Waals surface area (Å²) in [7, 11) is 0. The standard InChI is InChI=1S/C16H18N2O4S/c1-11-18-13(10-23-11)9-22-14-5-2-4-12(8-14)16(21)17-7-3-6-15(19)20/h2,4-5,8,10H,3,6-7,9H2,1H3,(H,17,21)(H,19,20). The molecule has 0 saturated heterocycles. The van der Waals surface area contributed by atoms with Crippen LogP contribution in [-0.4, -0.2) is 28.5 Å². The van der Waals surface area contributed by atoms with Gasteiger partial charge in [0.25, 0.3) is 5.91 Å². The van der Waals surface area contributed by atoms with Crippen molar-refractivity contribution in [3.05, 3.63) is 45.9 Å². The van der Waals surface area contributed by atoms with Crippen molar-refractivity contribution in [2.45, 2.75) is 26.4 Å². The third-order valence-corrected chi connectivity index (χ3v) is 3.82. The Kier molecular flexibility index (Phi) is 6.10. The first kappa shape index (κ1) is 17.0. The number of amides is 1. The van der Waals surface area contributed by atoms with Crippen molar-refractivity contribution >= 4 is 23.2 Å². The van der Waals surface area contributed by atoms with Gasteiger partial charge in [-0.1, -0.05) is 6.07 Å². The molecule has 7 heteroatoms. The van der Waals surface area contributed by atoms with Crippen molar-refractivity contribution in [2.75, 3.05) is 6.54 Å². The minimum absolute atomic E-state index is 0.0382. The van der Waals surface area contributed by atoms with Crippen LogP contribution in [0.4, 0.5) is 0 Å². The average Bonchev–Trinajstić information content (AvgIpc) is 2.95. The molecular weight excluding hydrogens is 316 g/mol. The Morgan fingerprint density at radius 3 is 2.91 bits per heavy atom. The van der Waals surface area contributed by atoms with E-state index >= 15 is 0 Å². The van der Waals surface area contributed by atoms with Crippen molar-refractivity contribution in [2.24, 2.45) is 0 Å². The SMILES string of the molecule is Cc1nc(COc2cccc(C(=O)NCCCC(=O)O)c2)cs1. The smallest absolute Gasteiger partial charge is 0.303 e. The third kappa shape index (κ3) is 5.71. The minimum Gasteiger partial charge on any atom is -0.487 e. The summed E-state index contributed by atoms with van der Waals surface area (Å²) in [6.07, 6.45) is 0.441. The van der Waals surface area contributed by atoms with Crippen LogP contribution < -0.4 is 10.1 Å². The normalized spacial score (nSPS) is 10.3. The van der Waals surface area contributed by atoms with Gasteiger partial charge in [-0.25, -0.2) is 4.98 Å². The number of carbonyl (C=O) groups is 2. The highest BCUT2D eigenvalue weighted by Gasteiger charge is 2.07. The fraction of sp³-hybridized carbons (Fsp3) is 0.312. The number of nitrogens with zero attached hydrogens (tertiary/aromatic N) is 1. The molecule has 0 aliphatic carbocycles. The number of carboxylic acids is 1. The predicted octanol–water partition coefficient (Wildman–Crippen LogP) is 2.63. The number of benzene rings is 1. The number of nitrogens with one attached hydrogen (secondary N) is 1. The van der Waals surface area contributed by atoms with Gasteiger partial charge in [-0.15, -0.1) is 11.3 Å². The third-order valence-electron chi connectivity index (χ3n) is 3.00. The van der Waals surface area contributed by atoms with Gasteiger partial charge in [0.05, 0.1) is 10.7 Å². The Morgan fingerprint density at radius 2 is 2.22 bits per heavy atom. The van der Waals surface area contributed by atoms with E-state index in [1.807, 2.05) is 12.3 Å². The molecule has 0 spiro atoms. The van der Waals surface area contributed by atoms with Gasteiger partial charge in [0.1, 0.15) is 12.4 Å². The second-order valence-corrected chi connectivity index (χ2v) is 5.99. The second kappa shape index (κ2) is 8.28. The molecule has 0 radical (unpaired) electrons. The summed E-state index contributed by atoms with van der Waals surface area (Å²) in [6, 6.07) is 6.87. The number of rotatable bonds is 8. The lowest BCUT2D eigenvalue weighted by Gasteiger charge is -2.07. The van der Waals surface area contributed by atoms with Gasteiger partial charge in [-0.05, 0) is 31.5 Å². The fourth-order valence-electron chi connectivity index (χ4n) is 1.90. The number of thiazole rings is 1. The molecule has 2 N–H and O–H groups in total. The van der Waals surface area contributed by atoms with E-state index in [-0.39, 0.29) is 12.3 Å². The van der Waals surface area contributed by atoms with Crippen LogP contribution in [0.1, 0.15) is 33.9 Å². The monoisotopic (exact) mass is 334 g/mol. The molecule has 1 amide bonds. The maximum absolute atomic E-state index is 12.0. The Labute approximate surface area is 138 Å². The molecule has 2 rings (SSSR count). The average molecular weight is 334 g/mol. The quantitative estimate of drug-likeness (QED) is 0.725. The Bertz CT molecular complexity index is 684. The van der Waals surface area contributed by atoms with Crippen molar-refractivity contribution in [3.8, 4) is 5.75 Å². The minimum atomic E-state index is -0.869. The number of aromatic nitrogens is 1. The molecule has 0 unspecified atom stereocenters. The number of ether oxygens (including phenoxy) is 1. The molecule has 23 heavy (non-hydrogen) atoms. The maximum atomic E-state index is 12.0. The lowest BCUT2D eigenvalue weighted by Crippen LogP contribution is -2.24. The van der Waals surface area contributed by atoms with Crippen LogP contribution in [0.5, 0.6) is 5.75 Å². The first-order valence-electron chi connectivity index (χ1n) is 7.18. The van der Waals surface area contributed by atoms with E-state index in [0.29, 0.717) is 30.9 Å². The van der Waals surface area contributed by atoms with E-state index in [1.165, 1.54) is 0 Å². The van der Waals surface area contributed by atoms with Gasteiger partial charge >= 0.3 is 5.97 Å². The second-order valence-electron chi connectivity index (χ2n) is 4.93. The predicted molar refractivity (Wildman–Crippen MR) is 86.8 cm³/mol. The van der Waals surface area contributed by atoms with Crippen LogP contribution >= 0.6 is 11.3 Å². The van der Waals surface area contributed by atoms with Gasteiger partial charge in [-0.3, -0.25) is 9.59 Å². The first-order valence-corrected chi connectivity index (χ1v) is 8.06. The summed E-state index contributed by atoms with van der Waals surface area (Å²) in [5.74, 6) is -0.522. The van der Waals surface area contributed by atoms with Crippen molar-refractivity contribution in [3.63, 3.8) is 0 Å². The zero-order valence-corrected chi connectivity index (χ0v) is 13.6. The number of hydrogen-bond acceptors (Lipinski definition) is 5. The fourth-order valence-corrected chi connectivity index (χ4v) is 2.50. The van der Waals surface area contributed by atoms with Crippen molar-refractivity contribution < 1.29 is 19.4 Å². The van der Waals surface area contributed by atoms with Gasteiger partial charge in [0.15, 0.2) is 0 Å². The maximum Gasteiger partial charge on any atom is 0.303 e. The van der Waals surface area contributed by atoms with Crippen molar-refractivity contribution in [1.29, 1.82) is 0 Å². The van der Waals surface area contributed by atoms with Gasteiger partial charge in [-0.2, -0.15) is 0 Å². The number of aryl methyl sites for hydroxylation is 1. The molecular formula is C16H18N2O4S. The molecule has 0 fully saturated rings. The highest BCUT2D eigenvalue weighted by molar-refractivity contribution is 7.09. The topological polar surface area (TPSA) is 88.5 Å². The van der Waals surface area contributed by atoms with Crippen LogP contribution in [-0.2, 0) is 11.4 Å². The van der Waals surface area contributed by atoms with Crippen molar-refractivity contribution in [1.82, 2.24) is 10.3 Å². The number of aliphatic carboxylic acids is 1. The molecule has 0 bridgehead atoms. The zero-order chi connectivity index (χ0) is 16.7. The van der Waals surface area contributed by atoms with Crippen LogP contribution in [0.2, 0.25) is 0 Å². The van der Waals surface area contributed by atoms with Gasteiger partial charge in [0.2, 0.25) is 0 Å². The van der Waals surface area contributed by atoms with E-state index in [9.17, 15) is 9.59 Å². The summed E-state index contributed by atoms with van der Waals surface area (Å²) in [5.41, 5.74) is 1.34. The number of carboxylic acid groups (broad SMARTS) is 1. The molecule has 1 heterocycles. The molecule has 0 aliphatic heterocycles. The number of hydrogen-bond donors (Lipinski definition) is 2. The van der Waals surface area contributed by atoms with E-state index in [0.717, 1.165) is 10.7 Å². The molecule has 1 aromatic heterocycles. The lowest BCUT2D eigenvalue weighted by molar-refractivity contribution is -0.137. The summed E-state index contributed by atoms with van der Waals surface area (Å²) in [5, 5.41) is 14.2. The van der Waals surface area contributed by atoms with Gasteiger partial charge < -0.3 is 15.2 Å². The summed E-state index contributed by atoms with van der Waals surface area (Å²) >= 11 is 1.56. The Morgan fingerprint density at radius 1 is 1.39 bits per heavy atom. The van der Waals surface area contributed by atoms with E-state index in [2.05, 4.69) is 10.3 Å². The molecule has 122 valence electrons. The molecule has 0 saturated carbocycles. The summed E-state index contributed by atoms with van der Waals surface area (Å²) < 4.78 is 5.64. The van der Waals surface area contributed by atoms with E-state index in [4.69, 9.17) is 9.84 Å². The summed E-state index contributed by atoms with van der Waals surface area (Å²) in [6.45, 7) is 2.62. The molecule has 1 aromatic carbocycles. The Balaban J connectivity index is 1.85. The lowest BCUT2D eigenvalue weighted by atomic mass is 10.2. The first-order chi connectivity index (χ1) is 11.0.